The molecule has 0 aromatic heterocycles. The van der Waals surface area contributed by atoms with Crippen molar-refractivity contribution in [2.75, 3.05) is 0 Å². The first-order chi connectivity index (χ1) is 31.1. The molecule has 0 heterocycles. The molecule has 0 unspecified atom stereocenters. The second-order valence-electron chi connectivity index (χ2n) is 18.8. The number of carbonyl (C=O) groups excluding carboxylic acids is 2. The number of carbonyl (C=O) groups is 2. The fourth-order valence-electron chi connectivity index (χ4n) is 11.1. The van der Waals surface area contributed by atoms with Gasteiger partial charge < -0.3 is 0 Å². The summed E-state index contributed by atoms with van der Waals surface area (Å²) in [7, 11) is 0. The third-order valence-corrected chi connectivity index (χ3v) is 21.8. The van der Waals surface area contributed by atoms with E-state index < -0.39 is 51.0 Å². The third-order valence-electron chi connectivity index (χ3n) is 15.1. The Bertz CT molecular complexity index is 2480. The van der Waals surface area contributed by atoms with E-state index in [0.717, 1.165) is 74.6 Å². The van der Waals surface area contributed by atoms with E-state index in [1.807, 2.05) is 182 Å². The van der Waals surface area contributed by atoms with E-state index in [9.17, 15) is 0 Å². The molecule has 0 N–H and O–H groups in total. The molecule has 8 rings (SSSR count). The summed E-state index contributed by atoms with van der Waals surface area (Å²) in [4.78, 5) is 33.9. The Morgan fingerprint density at radius 1 is 0.354 bits per heavy atom. The SMILES string of the molecule is CC1=C(C)C(C)(C)[C]([Ti]([O]C(=O)C(c2ccccc2)(c2ccccc2)c2ccccc2)([O]C(=O)C(c2ccccc2)(c2ccccc2)c2ccccc2)[C]2=C(C)C(C)=C(C)C2(C)C)=C1C. The van der Waals surface area contributed by atoms with E-state index in [0.29, 0.717) is 0 Å². The molecule has 0 amide bonds. The zero-order chi connectivity index (χ0) is 46.4. The van der Waals surface area contributed by atoms with Gasteiger partial charge in [0, 0.05) is 0 Å². The molecule has 6 aromatic rings. The number of rotatable bonds is 12. The van der Waals surface area contributed by atoms with Crippen molar-refractivity contribution in [3.63, 3.8) is 0 Å². The topological polar surface area (TPSA) is 52.6 Å². The molecule has 2 aliphatic rings. The Kier molecular flexibility index (Phi) is 12.2. The molecular weight excluding hydrogens is 833 g/mol. The second-order valence-corrected chi connectivity index (χ2v) is 23.0. The Morgan fingerprint density at radius 2 is 0.554 bits per heavy atom. The molecule has 0 bridgehead atoms. The van der Waals surface area contributed by atoms with E-state index in [1.54, 1.807) is 0 Å². The summed E-state index contributed by atoms with van der Waals surface area (Å²) in [5.74, 6) is -0.981. The minimum atomic E-state index is -5.56. The van der Waals surface area contributed by atoms with Crippen molar-refractivity contribution in [1.82, 2.24) is 0 Å². The van der Waals surface area contributed by atoms with E-state index in [-0.39, 0.29) is 0 Å². The predicted octanol–water partition coefficient (Wildman–Crippen LogP) is 14.4. The molecule has 5 heteroatoms. The Morgan fingerprint density at radius 3 is 0.723 bits per heavy atom. The minimum absolute atomic E-state index is 0.491. The summed E-state index contributed by atoms with van der Waals surface area (Å²) in [6.45, 7) is 21.7. The van der Waals surface area contributed by atoms with Gasteiger partial charge in [-0.25, -0.2) is 0 Å². The fourth-order valence-corrected chi connectivity index (χ4v) is 18.8. The van der Waals surface area contributed by atoms with Crippen LogP contribution in [0.1, 0.15) is 103 Å². The van der Waals surface area contributed by atoms with Gasteiger partial charge in [0.25, 0.3) is 0 Å². The van der Waals surface area contributed by atoms with Crippen LogP contribution in [-0.4, -0.2) is 11.9 Å². The van der Waals surface area contributed by atoms with Crippen molar-refractivity contribution in [3.05, 3.63) is 257 Å². The van der Waals surface area contributed by atoms with Crippen LogP contribution < -0.4 is 0 Å². The molecule has 0 atom stereocenters. The van der Waals surface area contributed by atoms with Gasteiger partial charge in [-0.05, 0) is 0 Å². The zero-order valence-corrected chi connectivity index (χ0v) is 41.0. The molecule has 2 aliphatic carbocycles. The van der Waals surface area contributed by atoms with E-state index >= 15 is 9.59 Å². The average Bonchev–Trinajstić information content (AvgIpc) is 3.58. The van der Waals surface area contributed by atoms with Crippen LogP contribution in [0.25, 0.3) is 0 Å². The summed E-state index contributed by atoms with van der Waals surface area (Å²) in [6, 6.07) is 59.5. The maximum atomic E-state index is 17.0. The van der Waals surface area contributed by atoms with Crippen LogP contribution in [0.3, 0.4) is 0 Å². The number of hydrogen-bond acceptors (Lipinski definition) is 4. The van der Waals surface area contributed by atoms with Crippen molar-refractivity contribution in [2.45, 2.75) is 80.1 Å². The molecule has 0 aliphatic heterocycles. The number of hydrogen-bond donors (Lipinski definition) is 0. The molecule has 0 saturated heterocycles. The summed E-state index contributed by atoms with van der Waals surface area (Å²) in [5.41, 5.74) is 6.79. The second kappa shape index (κ2) is 17.4. The molecule has 328 valence electrons. The van der Waals surface area contributed by atoms with Crippen LogP contribution in [0.15, 0.2) is 223 Å². The standard InChI is InChI=1S/2C20H16O2.2C10H15.Ti/c2*21-19(22)20(16-10-4-1-5-11-16,17-12-6-2-7-13-17)18-14-8-3-9-15-18;2*1-7-6-10(4,5)9(3)8(7)2;/h2*1-15H,(H,21,22);2*1-5H3;/q;;;;+2/p-2. The Labute approximate surface area is 390 Å². The Hall–Kier alpha value is -6.07. The number of allylic oxidation sites excluding steroid dienone is 8. The summed E-state index contributed by atoms with van der Waals surface area (Å²) in [5, 5.41) is 0. The normalized spacial score (nSPS) is 16.3. The molecule has 6 aromatic carbocycles. The molecule has 65 heavy (non-hydrogen) atoms. The molecule has 4 nitrogen and oxygen atoms in total. The zero-order valence-electron chi connectivity index (χ0n) is 39.5. The van der Waals surface area contributed by atoms with Gasteiger partial charge in [-0.3, -0.25) is 0 Å². The van der Waals surface area contributed by atoms with Gasteiger partial charge in [0.05, 0.1) is 0 Å². The van der Waals surface area contributed by atoms with Crippen LogP contribution in [0.4, 0.5) is 0 Å². The first-order valence-corrected chi connectivity index (χ1v) is 25.5. The third kappa shape index (κ3) is 7.09. The molecule has 0 fully saturated rings. The fraction of sp³-hybridized carbons (Fsp3) is 0.233. The quantitative estimate of drug-likeness (QED) is 0.0907. The van der Waals surface area contributed by atoms with Crippen LogP contribution in [0.5, 0.6) is 0 Å². The van der Waals surface area contributed by atoms with Gasteiger partial charge in [-0.15, -0.1) is 0 Å². The predicted molar refractivity (Wildman–Crippen MR) is 260 cm³/mol. The van der Waals surface area contributed by atoms with Crippen molar-refractivity contribution < 1.29 is 33.6 Å². The van der Waals surface area contributed by atoms with Gasteiger partial charge in [0.2, 0.25) is 0 Å². The molecular formula is C60H60O4Ti. The van der Waals surface area contributed by atoms with E-state index in [4.69, 9.17) is 6.64 Å². The van der Waals surface area contributed by atoms with Crippen LogP contribution in [0.2, 0.25) is 0 Å². The van der Waals surface area contributed by atoms with Gasteiger partial charge in [-0.1, -0.05) is 0 Å². The first kappa shape index (κ1) is 45.5. The van der Waals surface area contributed by atoms with Crippen molar-refractivity contribution in [2.24, 2.45) is 10.8 Å². The van der Waals surface area contributed by atoms with Crippen molar-refractivity contribution in [3.8, 4) is 0 Å². The molecule has 0 saturated carbocycles. The maximum absolute atomic E-state index is 17.0. The molecule has 0 radical (unpaired) electrons. The van der Waals surface area contributed by atoms with Gasteiger partial charge in [0.15, 0.2) is 0 Å². The van der Waals surface area contributed by atoms with Crippen LogP contribution in [0, 0.1) is 10.8 Å². The van der Waals surface area contributed by atoms with Gasteiger partial charge in [-0.2, -0.15) is 0 Å². The first-order valence-electron chi connectivity index (χ1n) is 22.7. The van der Waals surface area contributed by atoms with E-state index in [2.05, 4.69) is 69.2 Å². The monoisotopic (exact) mass is 892 g/mol. The Balaban J connectivity index is 1.53. The van der Waals surface area contributed by atoms with Crippen LogP contribution >= 0.6 is 0 Å². The average molecular weight is 893 g/mol. The van der Waals surface area contributed by atoms with Crippen molar-refractivity contribution >= 4 is 11.9 Å². The number of benzene rings is 6. The van der Waals surface area contributed by atoms with Crippen molar-refractivity contribution in [1.29, 1.82) is 0 Å². The van der Waals surface area contributed by atoms with Crippen LogP contribution in [-0.2, 0) is 44.4 Å². The van der Waals surface area contributed by atoms with Gasteiger partial charge in [0.1, 0.15) is 0 Å². The summed E-state index contributed by atoms with van der Waals surface area (Å²) >= 11 is -5.56. The summed E-state index contributed by atoms with van der Waals surface area (Å²) in [6.07, 6.45) is 0. The van der Waals surface area contributed by atoms with E-state index in [1.165, 1.54) is 0 Å². The summed E-state index contributed by atoms with van der Waals surface area (Å²) < 4.78 is 17.7. The molecule has 0 spiro atoms. The van der Waals surface area contributed by atoms with Gasteiger partial charge >= 0.3 is 393 Å².